The monoisotopic (exact) mass is 1090 g/mol. The van der Waals surface area contributed by atoms with Crippen molar-refractivity contribution in [3.8, 4) is 0 Å². The second kappa shape index (κ2) is 29.3. The van der Waals surface area contributed by atoms with Gasteiger partial charge in [0.2, 0.25) is 11.9 Å². The van der Waals surface area contributed by atoms with Gasteiger partial charge in [-0.05, 0) is 123 Å². The quantitative estimate of drug-likeness (QED) is 0.0232. The first kappa shape index (κ1) is 59.0. The summed E-state index contributed by atoms with van der Waals surface area (Å²) in [4.78, 5) is 22.1. The van der Waals surface area contributed by atoms with E-state index in [9.17, 15) is 25.9 Å². The van der Waals surface area contributed by atoms with Gasteiger partial charge in [-0.2, -0.15) is 36.8 Å². The first-order valence-electron chi connectivity index (χ1n) is 25.6. The number of hydrogen-bond donors (Lipinski definition) is 8. The van der Waals surface area contributed by atoms with Crippen molar-refractivity contribution < 1.29 is 25.9 Å². The van der Waals surface area contributed by atoms with Gasteiger partial charge in [0.05, 0.1) is 0 Å². The van der Waals surface area contributed by atoms with Crippen LogP contribution in [-0.4, -0.2) is 94.9 Å². The number of para-hydroxylation sites is 4. The van der Waals surface area contributed by atoms with Gasteiger partial charge in [-0.25, -0.2) is 0 Å². The van der Waals surface area contributed by atoms with Crippen molar-refractivity contribution >= 4 is 102 Å². The Morgan fingerprint density at radius 2 is 0.615 bits per heavy atom. The van der Waals surface area contributed by atoms with Crippen LogP contribution in [0.15, 0.2) is 180 Å². The van der Waals surface area contributed by atoms with Crippen molar-refractivity contribution in [3.63, 3.8) is 0 Å². The number of anilines is 12. The summed E-state index contributed by atoms with van der Waals surface area (Å²) >= 11 is 0. The fourth-order valence-corrected chi connectivity index (χ4v) is 9.09. The maximum atomic E-state index is 12.8. The van der Waals surface area contributed by atoms with Crippen LogP contribution < -0.4 is 31.9 Å². The minimum absolute atomic E-state index is 0.0231. The van der Waals surface area contributed by atoms with Crippen molar-refractivity contribution in [3.05, 3.63) is 181 Å². The van der Waals surface area contributed by atoms with Gasteiger partial charge in [0.25, 0.3) is 20.2 Å². The molecule has 0 saturated heterocycles. The summed E-state index contributed by atoms with van der Waals surface area (Å²) in [5, 5.41) is 19.0. The summed E-state index contributed by atoms with van der Waals surface area (Å²) in [6.07, 6.45) is 2.62. The van der Waals surface area contributed by atoms with E-state index in [1.807, 2.05) is 121 Å². The average Bonchev–Trinajstić information content (AvgIpc) is 3.45. The van der Waals surface area contributed by atoms with Gasteiger partial charge in [0.1, 0.15) is 33.1 Å². The highest BCUT2D eigenvalue weighted by Gasteiger charge is 2.19. The molecule has 0 atom stereocenters. The van der Waals surface area contributed by atoms with E-state index in [1.165, 1.54) is 75.7 Å². The molecule has 0 aliphatic carbocycles. The SMILES string of the molecule is CCN(CC)CC.CCN(CC)CC.O=S(=O)(O)c1cc(Nc2cc(Nc3ccccc3)nc(Nc3ccccc3)n2)ccc1/C=C/c1ccc(Nc2cc(Nc3ccccc3)nc(Nc3ccccc3)n2)cc1S(=O)(=O)O. The molecule has 0 radical (unpaired) electrons. The molecule has 0 aliphatic rings. The van der Waals surface area contributed by atoms with E-state index in [4.69, 9.17) is 0 Å². The van der Waals surface area contributed by atoms with Crippen LogP contribution in [0.4, 0.5) is 69.3 Å². The molecule has 8 rings (SSSR count). The van der Waals surface area contributed by atoms with Gasteiger partial charge in [-0.3, -0.25) is 9.11 Å². The van der Waals surface area contributed by atoms with Gasteiger partial charge < -0.3 is 41.7 Å². The fourth-order valence-electron chi connectivity index (χ4n) is 7.67. The minimum Gasteiger partial charge on any atom is -0.340 e. The van der Waals surface area contributed by atoms with Crippen LogP contribution in [0.2, 0.25) is 0 Å². The second-order valence-corrected chi connectivity index (χ2v) is 19.9. The smallest absolute Gasteiger partial charge is 0.295 e. The molecule has 2 aromatic heterocycles. The molecule has 0 saturated carbocycles. The second-order valence-electron chi connectivity index (χ2n) is 17.2. The highest BCUT2D eigenvalue weighted by Crippen LogP contribution is 2.31. The molecule has 78 heavy (non-hydrogen) atoms. The minimum atomic E-state index is -4.83. The van der Waals surface area contributed by atoms with Gasteiger partial charge >= 0.3 is 0 Å². The Morgan fingerprint density at radius 3 is 0.859 bits per heavy atom. The first-order valence-corrected chi connectivity index (χ1v) is 28.4. The van der Waals surface area contributed by atoms with Gasteiger partial charge in [0, 0.05) is 46.3 Å². The molecule has 0 amide bonds. The molecule has 8 aromatic rings. The number of rotatable bonds is 22. The van der Waals surface area contributed by atoms with E-state index in [0.29, 0.717) is 11.6 Å². The highest BCUT2D eigenvalue weighted by atomic mass is 32.2. The van der Waals surface area contributed by atoms with Crippen LogP contribution in [0.5, 0.6) is 0 Å². The summed E-state index contributed by atoms with van der Waals surface area (Å²) in [7, 11) is -9.65. The highest BCUT2D eigenvalue weighted by molar-refractivity contribution is 7.86. The van der Waals surface area contributed by atoms with Crippen LogP contribution in [0.25, 0.3) is 12.2 Å². The summed E-state index contributed by atoms with van der Waals surface area (Å²) in [6, 6.07) is 49.0. The Kier molecular flexibility index (Phi) is 22.2. The van der Waals surface area contributed by atoms with Crippen LogP contribution >= 0.6 is 0 Å². The van der Waals surface area contributed by atoms with E-state index in [0.717, 1.165) is 22.7 Å². The molecule has 20 heteroatoms. The molecule has 18 nitrogen and oxygen atoms in total. The van der Waals surface area contributed by atoms with Crippen molar-refractivity contribution in [1.82, 2.24) is 29.7 Å². The Hall–Kier alpha value is -8.24. The van der Waals surface area contributed by atoms with Crippen LogP contribution in [0.3, 0.4) is 0 Å². The summed E-state index contributed by atoms with van der Waals surface area (Å²) in [6.45, 7) is 20.2. The third-order valence-electron chi connectivity index (χ3n) is 11.9. The Bertz CT molecular complexity index is 3040. The molecule has 0 aliphatic heterocycles. The third kappa shape index (κ3) is 18.8. The van der Waals surface area contributed by atoms with Crippen LogP contribution in [0, 0.1) is 0 Å². The molecule has 0 unspecified atom stereocenters. The van der Waals surface area contributed by atoms with Gasteiger partial charge in [0.15, 0.2) is 0 Å². The molecule has 0 bridgehead atoms. The zero-order chi connectivity index (χ0) is 55.9. The fraction of sp³-hybridized carbons (Fsp3) is 0.207. The van der Waals surface area contributed by atoms with E-state index >= 15 is 0 Å². The third-order valence-corrected chi connectivity index (χ3v) is 13.7. The topological polar surface area (TPSA) is 239 Å². The van der Waals surface area contributed by atoms with Crippen molar-refractivity contribution in [2.45, 2.75) is 51.3 Å². The zero-order valence-electron chi connectivity index (χ0n) is 44.6. The first-order chi connectivity index (χ1) is 37.6. The van der Waals surface area contributed by atoms with Crippen molar-refractivity contribution in [2.75, 3.05) is 71.2 Å². The Labute approximate surface area is 458 Å². The molecule has 0 spiro atoms. The number of aromatic nitrogens is 4. The number of nitrogens with one attached hydrogen (secondary N) is 6. The number of hydrogen-bond acceptors (Lipinski definition) is 16. The van der Waals surface area contributed by atoms with Crippen LogP contribution in [0.1, 0.15) is 52.7 Å². The molecule has 0 fully saturated rings. The van der Waals surface area contributed by atoms with Crippen molar-refractivity contribution in [1.29, 1.82) is 0 Å². The Balaban J connectivity index is 0.000000621. The lowest BCUT2D eigenvalue weighted by molar-refractivity contribution is 0.321. The predicted molar refractivity (Wildman–Crippen MR) is 318 cm³/mol. The van der Waals surface area contributed by atoms with E-state index in [-0.39, 0.29) is 46.0 Å². The number of benzene rings is 6. The van der Waals surface area contributed by atoms with Gasteiger partial charge in [-0.15, -0.1) is 0 Å². The predicted octanol–water partition coefficient (Wildman–Crippen LogP) is 13.1. The summed E-state index contributed by atoms with van der Waals surface area (Å²) in [5.41, 5.74) is 3.57. The standard InChI is InChI=1S/C46H38N10O6S2.2C6H15N/c57-63(58,59)39-27-37(49-43-29-41(47-33-13-5-1-6-14-33)53-45(55-43)51-35-17-9-3-10-18-35)25-23-31(39)21-22-32-24-26-38(28-40(32)64(60,61)62)50-44-30-42(48-34-15-7-2-8-16-34)54-46(56-44)52-36-19-11-4-12-20-36;2*1-4-7(5-2)6-3/h1-30H,(H,57,58,59)(H,60,61,62)(H3,47,49,51,53,55)(H3,48,50,52,54,56);2*4-6H2,1-3H3/b22-21+;;. The Morgan fingerprint density at radius 1 is 0.359 bits per heavy atom. The molecule has 408 valence electrons. The normalized spacial score (nSPS) is 11.3. The maximum absolute atomic E-state index is 12.8. The largest absolute Gasteiger partial charge is 0.340 e. The van der Waals surface area contributed by atoms with Crippen LogP contribution in [-0.2, 0) is 20.2 Å². The summed E-state index contributed by atoms with van der Waals surface area (Å²) in [5.74, 6) is 1.92. The summed E-state index contributed by atoms with van der Waals surface area (Å²) < 4.78 is 71.7. The lowest BCUT2D eigenvalue weighted by atomic mass is 10.1. The van der Waals surface area contributed by atoms with E-state index in [2.05, 4.69) is 103 Å². The molecule has 6 aromatic carbocycles. The lowest BCUT2D eigenvalue weighted by Crippen LogP contribution is -2.21. The molecular weight excluding hydrogens is 1020 g/mol. The van der Waals surface area contributed by atoms with Crippen molar-refractivity contribution in [2.24, 2.45) is 0 Å². The zero-order valence-corrected chi connectivity index (χ0v) is 46.2. The average molecular weight is 1090 g/mol. The molecule has 2 heterocycles. The molecule has 8 N–H and O–H groups in total. The lowest BCUT2D eigenvalue weighted by Gasteiger charge is -2.14. The maximum Gasteiger partial charge on any atom is 0.295 e. The van der Waals surface area contributed by atoms with E-state index < -0.39 is 30.0 Å². The van der Waals surface area contributed by atoms with E-state index in [1.54, 1.807) is 24.3 Å². The molecular formula is C58H68N12O6S2. The number of nitrogens with zero attached hydrogens (tertiary/aromatic N) is 6. The van der Waals surface area contributed by atoms with Gasteiger partial charge in [-0.1, -0.05) is 139 Å².